The van der Waals surface area contributed by atoms with Gasteiger partial charge in [-0.2, -0.15) is 0 Å². The molecule has 1 aromatic carbocycles. The Morgan fingerprint density at radius 3 is 2.43 bits per heavy atom. The molecule has 21 heavy (non-hydrogen) atoms. The van der Waals surface area contributed by atoms with Gasteiger partial charge >= 0.3 is 0 Å². The van der Waals surface area contributed by atoms with Crippen molar-refractivity contribution < 1.29 is 0 Å². The van der Waals surface area contributed by atoms with Crippen LogP contribution in [-0.4, -0.2) is 9.97 Å². The normalized spacial score (nSPS) is 11.9. The maximum absolute atomic E-state index is 4.50. The third-order valence-corrected chi connectivity index (χ3v) is 3.46. The fourth-order valence-electron chi connectivity index (χ4n) is 2.29. The molecule has 104 valence electrons. The molecule has 0 aliphatic carbocycles. The summed E-state index contributed by atoms with van der Waals surface area (Å²) in [6.45, 7) is 2.07. The van der Waals surface area contributed by atoms with Crippen molar-refractivity contribution in [3.05, 3.63) is 90.0 Å². The molecule has 1 unspecified atom stereocenters. The van der Waals surface area contributed by atoms with Crippen molar-refractivity contribution in [1.29, 1.82) is 0 Å². The van der Waals surface area contributed by atoms with Gasteiger partial charge in [0, 0.05) is 12.4 Å². The fraction of sp³-hybridized carbons (Fsp3) is 0.111. The van der Waals surface area contributed by atoms with E-state index in [0.29, 0.717) is 0 Å². The van der Waals surface area contributed by atoms with Gasteiger partial charge in [0.25, 0.3) is 0 Å². The van der Waals surface area contributed by atoms with Crippen LogP contribution in [0, 0.1) is 6.92 Å². The summed E-state index contributed by atoms with van der Waals surface area (Å²) in [5, 5.41) is 3.55. The second kappa shape index (κ2) is 6.18. The van der Waals surface area contributed by atoms with Crippen molar-refractivity contribution in [2.75, 3.05) is 5.32 Å². The van der Waals surface area contributed by atoms with Gasteiger partial charge < -0.3 is 5.32 Å². The van der Waals surface area contributed by atoms with Gasteiger partial charge in [0.1, 0.15) is 0 Å². The van der Waals surface area contributed by atoms with Gasteiger partial charge in [-0.05, 0) is 36.2 Å². The molecule has 2 heterocycles. The first-order valence-electron chi connectivity index (χ1n) is 6.97. The molecule has 0 saturated heterocycles. The zero-order chi connectivity index (χ0) is 14.5. The molecule has 0 saturated carbocycles. The van der Waals surface area contributed by atoms with Crippen LogP contribution >= 0.6 is 0 Å². The summed E-state index contributed by atoms with van der Waals surface area (Å²) in [5.74, 6) is 0. The molecule has 0 radical (unpaired) electrons. The lowest BCUT2D eigenvalue weighted by Gasteiger charge is -2.21. The molecule has 1 atom stereocenters. The van der Waals surface area contributed by atoms with Crippen LogP contribution in [0.4, 0.5) is 5.69 Å². The van der Waals surface area contributed by atoms with E-state index in [1.165, 1.54) is 11.1 Å². The number of benzene rings is 1. The number of anilines is 1. The van der Waals surface area contributed by atoms with Gasteiger partial charge in [-0.15, -0.1) is 0 Å². The van der Waals surface area contributed by atoms with E-state index in [1.807, 2.05) is 54.9 Å². The maximum Gasteiger partial charge on any atom is 0.0940 e. The zero-order valence-electron chi connectivity index (χ0n) is 11.9. The molecule has 3 rings (SSSR count). The standard InChI is InChI=1S/C18H17N3/c1-14-10-12-19-13-17(14)21-18(15-7-3-2-4-8-15)16-9-5-6-11-20-16/h2-13,18,21H,1H3. The maximum atomic E-state index is 4.50. The molecule has 1 N–H and O–H groups in total. The molecular formula is C18H17N3. The van der Waals surface area contributed by atoms with Crippen molar-refractivity contribution in [3.63, 3.8) is 0 Å². The summed E-state index contributed by atoms with van der Waals surface area (Å²) in [5.41, 5.74) is 4.37. The van der Waals surface area contributed by atoms with Gasteiger partial charge in [-0.1, -0.05) is 36.4 Å². The monoisotopic (exact) mass is 275 g/mol. The average Bonchev–Trinajstić information content (AvgIpc) is 2.56. The van der Waals surface area contributed by atoms with E-state index >= 15 is 0 Å². The van der Waals surface area contributed by atoms with Gasteiger partial charge in [-0.3, -0.25) is 9.97 Å². The Balaban J connectivity index is 1.99. The van der Waals surface area contributed by atoms with Crippen LogP contribution in [0.25, 0.3) is 0 Å². The topological polar surface area (TPSA) is 37.8 Å². The van der Waals surface area contributed by atoms with E-state index in [9.17, 15) is 0 Å². The first kappa shape index (κ1) is 13.3. The Morgan fingerprint density at radius 2 is 1.71 bits per heavy atom. The summed E-state index contributed by atoms with van der Waals surface area (Å²) in [6.07, 6.45) is 5.48. The largest absolute Gasteiger partial charge is 0.371 e. The zero-order valence-corrected chi connectivity index (χ0v) is 11.9. The van der Waals surface area contributed by atoms with Crippen LogP contribution in [0.5, 0.6) is 0 Å². The van der Waals surface area contributed by atoms with Gasteiger partial charge in [-0.25, -0.2) is 0 Å². The smallest absolute Gasteiger partial charge is 0.0940 e. The highest BCUT2D eigenvalue weighted by Gasteiger charge is 2.15. The van der Waals surface area contributed by atoms with E-state index in [4.69, 9.17) is 0 Å². The molecule has 0 amide bonds. The van der Waals surface area contributed by atoms with Crippen LogP contribution in [0.1, 0.15) is 22.9 Å². The van der Waals surface area contributed by atoms with E-state index < -0.39 is 0 Å². The van der Waals surface area contributed by atoms with E-state index in [1.54, 1.807) is 6.20 Å². The second-order valence-electron chi connectivity index (χ2n) is 4.93. The number of aryl methyl sites for hydroxylation is 1. The molecule has 3 heteroatoms. The highest BCUT2D eigenvalue weighted by molar-refractivity contribution is 5.51. The lowest BCUT2D eigenvalue weighted by molar-refractivity contribution is 0.883. The molecule has 0 bridgehead atoms. The predicted octanol–water partition coefficient (Wildman–Crippen LogP) is 3.99. The van der Waals surface area contributed by atoms with E-state index in [-0.39, 0.29) is 6.04 Å². The quantitative estimate of drug-likeness (QED) is 0.782. The number of hydrogen-bond acceptors (Lipinski definition) is 3. The molecule has 0 fully saturated rings. The Labute approximate surface area is 124 Å². The highest BCUT2D eigenvalue weighted by atomic mass is 15.0. The SMILES string of the molecule is Cc1ccncc1NC(c1ccccc1)c1ccccn1. The molecule has 2 aromatic heterocycles. The number of aromatic nitrogens is 2. The average molecular weight is 275 g/mol. The summed E-state index contributed by atoms with van der Waals surface area (Å²) in [6, 6.07) is 18.3. The Kier molecular flexibility index (Phi) is 3.92. The third kappa shape index (κ3) is 3.08. The lowest BCUT2D eigenvalue weighted by atomic mass is 10.0. The second-order valence-corrected chi connectivity index (χ2v) is 4.93. The van der Waals surface area contributed by atoms with Crippen molar-refractivity contribution in [1.82, 2.24) is 9.97 Å². The minimum atomic E-state index is 0.00954. The Morgan fingerprint density at radius 1 is 0.905 bits per heavy atom. The number of hydrogen-bond donors (Lipinski definition) is 1. The fourth-order valence-corrected chi connectivity index (χ4v) is 2.29. The molecular weight excluding hydrogens is 258 g/mol. The van der Waals surface area contributed by atoms with Gasteiger partial charge in [0.05, 0.1) is 23.6 Å². The number of pyridine rings is 2. The molecule has 0 spiro atoms. The van der Waals surface area contributed by atoms with Crippen molar-refractivity contribution in [3.8, 4) is 0 Å². The Bertz CT molecular complexity index is 656. The van der Waals surface area contributed by atoms with Crippen molar-refractivity contribution in [2.24, 2.45) is 0 Å². The summed E-state index contributed by atoms with van der Waals surface area (Å²) in [7, 11) is 0. The van der Waals surface area contributed by atoms with Crippen LogP contribution in [0.2, 0.25) is 0 Å². The minimum Gasteiger partial charge on any atom is -0.371 e. The van der Waals surface area contributed by atoms with Crippen LogP contribution in [0.15, 0.2) is 73.2 Å². The number of rotatable bonds is 4. The highest BCUT2D eigenvalue weighted by Crippen LogP contribution is 2.26. The summed E-state index contributed by atoms with van der Waals surface area (Å²) < 4.78 is 0. The van der Waals surface area contributed by atoms with Crippen LogP contribution < -0.4 is 5.32 Å². The van der Waals surface area contributed by atoms with Crippen molar-refractivity contribution in [2.45, 2.75) is 13.0 Å². The first-order chi connectivity index (χ1) is 10.3. The molecule has 3 aromatic rings. The number of nitrogens with zero attached hydrogens (tertiary/aromatic N) is 2. The summed E-state index contributed by atoms with van der Waals surface area (Å²) >= 11 is 0. The van der Waals surface area contributed by atoms with E-state index in [2.05, 4.69) is 34.3 Å². The lowest BCUT2D eigenvalue weighted by Crippen LogP contribution is -2.14. The molecule has 0 aliphatic rings. The Hall–Kier alpha value is -2.68. The molecule has 0 aliphatic heterocycles. The molecule has 3 nitrogen and oxygen atoms in total. The van der Waals surface area contributed by atoms with Crippen molar-refractivity contribution >= 4 is 5.69 Å². The van der Waals surface area contributed by atoms with Crippen LogP contribution in [0.3, 0.4) is 0 Å². The van der Waals surface area contributed by atoms with Crippen LogP contribution in [-0.2, 0) is 0 Å². The first-order valence-corrected chi connectivity index (χ1v) is 6.97. The third-order valence-electron chi connectivity index (χ3n) is 3.46. The minimum absolute atomic E-state index is 0.00954. The van der Waals surface area contributed by atoms with Gasteiger partial charge in [0.15, 0.2) is 0 Å². The van der Waals surface area contributed by atoms with Gasteiger partial charge in [0.2, 0.25) is 0 Å². The summed E-state index contributed by atoms with van der Waals surface area (Å²) in [4.78, 5) is 8.70. The van der Waals surface area contributed by atoms with E-state index in [0.717, 1.165) is 11.4 Å². The predicted molar refractivity (Wildman–Crippen MR) is 85.1 cm³/mol. The number of nitrogens with one attached hydrogen (secondary N) is 1.